The highest BCUT2D eigenvalue weighted by Gasteiger charge is 2.20. The van der Waals surface area contributed by atoms with Gasteiger partial charge in [-0.25, -0.2) is 0 Å². The molecule has 0 spiro atoms. The zero-order valence-corrected chi connectivity index (χ0v) is 12.1. The van der Waals surface area contributed by atoms with Crippen LogP contribution in [0.2, 0.25) is 0 Å². The van der Waals surface area contributed by atoms with Crippen LogP contribution in [0, 0.1) is 11.3 Å². The molecule has 1 aromatic carbocycles. The summed E-state index contributed by atoms with van der Waals surface area (Å²) in [6.45, 7) is 2.28. The van der Waals surface area contributed by atoms with Gasteiger partial charge in [-0.1, -0.05) is 12.1 Å². The van der Waals surface area contributed by atoms with E-state index < -0.39 is 6.10 Å². The molecule has 1 fully saturated rings. The fraction of sp³-hybridized carbons (Fsp3) is 0.562. The Morgan fingerprint density at radius 3 is 2.81 bits per heavy atom. The van der Waals surface area contributed by atoms with Crippen LogP contribution in [-0.2, 0) is 6.42 Å². The van der Waals surface area contributed by atoms with E-state index in [2.05, 4.69) is 11.0 Å². The Hall–Kier alpha value is -1.61. The third-order valence-electron chi connectivity index (χ3n) is 3.60. The van der Waals surface area contributed by atoms with Gasteiger partial charge in [0.05, 0.1) is 18.6 Å². The number of nitriles is 1. The van der Waals surface area contributed by atoms with Gasteiger partial charge in [0.15, 0.2) is 0 Å². The standard InChI is InChI=1S/C16H22N2O3/c17-8-7-13-3-5-16(6-4-13)21-12-15(20)11-18-9-1-2-14(19)10-18/h3-6,14-15,19-20H,1-2,7,9-12H2. The summed E-state index contributed by atoms with van der Waals surface area (Å²) in [5, 5.41) is 28.2. The normalized spacial score (nSPS) is 20.7. The summed E-state index contributed by atoms with van der Waals surface area (Å²) in [7, 11) is 0. The van der Waals surface area contributed by atoms with Crippen LogP contribution in [0.15, 0.2) is 24.3 Å². The molecule has 1 saturated heterocycles. The van der Waals surface area contributed by atoms with Gasteiger partial charge in [0.25, 0.3) is 0 Å². The number of hydrogen-bond donors (Lipinski definition) is 2. The van der Waals surface area contributed by atoms with E-state index in [0.717, 1.165) is 24.9 Å². The molecule has 5 nitrogen and oxygen atoms in total. The predicted molar refractivity (Wildman–Crippen MR) is 78.9 cm³/mol. The molecule has 0 radical (unpaired) electrons. The molecule has 5 heteroatoms. The van der Waals surface area contributed by atoms with E-state index in [0.29, 0.717) is 25.3 Å². The molecule has 1 heterocycles. The van der Waals surface area contributed by atoms with Gasteiger partial charge >= 0.3 is 0 Å². The maximum atomic E-state index is 10.00. The number of benzene rings is 1. The topological polar surface area (TPSA) is 76.7 Å². The fourth-order valence-corrected chi connectivity index (χ4v) is 2.53. The van der Waals surface area contributed by atoms with Gasteiger partial charge in [-0.15, -0.1) is 0 Å². The summed E-state index contributed by atoms with van der Waals surface area (Å²) in [4.78, 5) is 2.07. The zero-order chi connectivity index (χ0) is 15.1. The molecule has 1 aliphatic heterocycles. The highest BCUT2D eigenvalue weighted by molar-refractivity contribution is 5.28. The van der Waals surface area contributed by atoms with Crippen molar-refractivity contribution in [2.45, 2.75) is 31.5 Å². The Bertz CT molecular complexity index is 469. The smallest absolute Gasteiger partial charge is 0.119 e. The molecular weight excluding hydrogens is 268 g/mol. The SMILES string of the molecule is N#CCc1ccc(OCC(O)CN2CCCC(O)C2)cc1. The zero-order valence-electron chi connectivity index (χ0n) is 12.1. The van der Waals surface area contributed by atoms with Crippen molar-refractivity contribution in [3.63, 3.8) is 0 Å². The van der Waals surface area contributed by atoms with Gasteiger partial charge in [-0.2, -0.15) is 5.26 Å². The van der Waals surface area contributed by atoms with E-state index in [1.807, 2.05) is 24.3 Å². The lowest BCUT2D eigenvalue weighted by atomic mass is 10.1. The Balaban J connectivity index is 1.73. The Kier molecular flexibility index (Phi) is 6.00. The number of aliphatic hydroxyl groups is 2. The highest BCUT2D eigenvalue weighted by atomic mass is 16.5. The molecule has 0 amide bonds. The second-order valence-electron chi connectivity index (χ2n) is 5.50. The van der Waals surface area contributed by atoms with Crippen LogP contribution >= 0.6 is 0 Å². The van der Waals surface area contributed by atoms with Crippen molar-refractivity contribution in [2.24, 2.45) is 0 Å². The van der Waals surface area contributed by atoms with Crippen molar-refractivity contribution >= 4 is 0 Å². The molecule has 0 aliphatic carbocycles. The number of nitrogens with zero attached hydrogens (tertiary/aromatic N) is 2. The number of piperidine rings is 1. The van der Waals surface area contributed by atoms with Gasteiger partial charge in [-0.05, 0) is 37.1 Å². The predicted octanol–water partition coefficient (Wildman–Crippen LogP) is 0.949. The molecule has 0 bridgehead atoms. The number of likely N-dealkylation sites (tertiary alicyclic amines) is 1. The summed E-state index contributed by atoms with van der Waals surface area (Å²) in [5.74, 6) is 0.689. The van der Waals surface area contributed by atoms with Gasteiger partial charge in [0.1, 0.15) is 18.5 Å². The number of ether oxygens (including phenoxy) is 1. The average molecular weight is 290 g/mol. The molecule has 2 N–H and O–H groups in total. The van der Waals surface area contributed by atoms with Gasteiger partial charge in [0.2, 0.25) is 0 Å². The van der Waals surface area contributed by atoms with E-state index >= 15 is 0 Å². The molecule has 0 aromatic heterocycles. The Morgan fingerprint density at radius 1 is 1.38 bits per heavy atom. The fourth-order valence-electron chi connectivity index (χ4n) is 2.53. The van der Waals surface area contributed by atoms with Crippen molar-refractivity contribution in [3.8, 4) is 11.8 Å². The second-order valence-corrected chi connectivity index (χ2v) is 5.50. The van der Waals surface area contributed by atoms with E-state index in [4.69, 9.17) is 10.00 Å². The minimum atomic E-state index is -0.575. The van der Waals surface area contributed by atoms with Crippen molar-refractivity contribution in [1.82, 2.24) is 4.90 Å². The molecule has 2 rings (SSSR count). The van der Waals surface area contributed by atoms with Crippen LogP contribution in [0.25, 0.3) is 0 Å². The molecule has 1 aromatic rings. The minimum absolute atomic E-state index is 0.226. The average Bonchev–Trinajstić information content (AvgIpc) is 2.47. The van der Waals surface area contributed by atoms with Crippen LogP contribution in [0.3, 0.4) is 0 Å². The van der Waals surface area contributed by atoms with Gasteiger partial charge < -0.3 is 14.9 Å². The van der Waals surface area contributed by atoms with Crippen LogP contribution < -0.4 is 4.74 Å². The summed E-state index contributed by atoms with van der Waals surface area (Å²) in [5.41, 5.74) is 0.952. The first-order chi connectivity index (χ1) is 10.2. The Labute approximate surface area is 125 Å². The first-order valence-electron chi connectivity index (χ1n) is 7.34. The number of rotatable bonds is 6. The maximum Gasteiger partial charge on any atom is 0.119 e. The first-order valence-corrected chi connectivity index (χ1v) is 7.34. The third kappa shape index (κ3) is 5.35. The molecular formula is C16H22N2O3. The minimum Gasteiger partial charge on any atom is -0.491 e. The van der Waals surface area contributed by atoms with E-state index in [-0.39, 0.29) is 12.7 Å². The lowest BCUT2D eigenvalue weighted by molar-refractivity contribution is 0.0243. The van der Waals surface area contributed by atoms with E-state index in [1.54, 1.807) is 0 Å². The summed E-state index contributed by atoms with van der Waals surface area (Å²) in [6, 6.07) is 9.42. The molecule has 1 aliphatic rings. The van der Waals surface area contributed by atoms with Crippen molar-refractivity contribution in [3.05, 3.63) is 29.8 Å². The molecule has 0 saturated carbocycles. The molecule has 21 heavy (non-hydrogen) atoms. The van der Waals surface area contributed by atoms with Crippen LogP contribution in [0.4, 0.5) is 0 Å². The third-order valence-corrected chi connectivity index (χ3v) is 3.60. The monoisotopic (exact) mass is 290 g/mol. The summed E-state index contributed by atoms with van der Waals surface area (Å²) in [6.07, 6.45) is 1.35. The first kappa shape index (κ1) is 15.8. The van der Waals surface area contributed by atoms with E-state index in [1.165, 1.54) is 0 Å². The molecule has 2 atom stereocenters. The lowest BCUT2D eigenvalue weighted by Crippen LogP contribution is -2.43. The number of hydrogen-bond acceptors (Lipinski definition) is 5. The van der Waals surface area contributed by atoms with Crippen LogP contribution in [0.5, 0.6) is 5.75 Å². The summed E-state index contributed by atoms with van der Waals surface area (Å²) < 4.78 is 5.55. The highest BCUT2D eigenvalue weighted by Crippen LogP contribution is 2.14. The van der Waals surface area contributed by atoms with E-state index in [9.17, 15) is 10.2 Å². The van der Waals surface area contributed by atoms with Gasteiger partial charge in [0, 0.05) is 13.1 Å². The quantitative estimate of drug-likeness (QED) is 0.815. The Morgan fingerprint density at radius 2 is 2.14 bits per heavy atom. The van der Waals surface area contributed by atoms with Crippen molar-refractivity contribution < 1.29 is 14.9 Å². The van der Waals surface area contributed by atoms with Crippen molar-refractivity contribution in [1.29, 1.82) is 5.26 Å². The molecule has 2 unspecified atom stereocenters. The second kappa shape index (κ2) is 7.99. The van der Waals surface area contributed by atoms with Crippen LogP contribution in [0.1, 0.15) is 18.4 Å². The largest absolute Gasteiger partial charge is 0.491 e. The van der Waals surface area contributed by atoms with Crippen molar-refractivity contribution in [2.75, 3.05) is 26.2 Å². The summed E-state index contributed by atoms with van der Waals surface area (Å²) >= 11 is 0. The lowest BCUT2D eigenvalue weighted by Gasteiger charge is -2.31. The number of aliphatic hydroxyl groups excluding tert-OH is 2. The number of β-amino-alcohol motifs (C(OH)–C–C–N with tert-alkyl or cyclic N) is 2. The molecule has 114 valence electrons. The maximum absolute atomic E-state index is 10.00. The van der Waals surface area contributed by atoms with Crippen LogP contribution in [-0.4, -0.2) is 53.6 Å². The van der Waals surface area contributed by atoms with Gasteiger partial charge in [-0.3, -0.25) is 4.90 Å².